The monoisotopic (exact) mass is 992 g/mol. The molecular weight excluding hydrogens is 916 g/mol. The molecule has 0 amide bonds. The van der Waals surface area contributed by atoms with E-state index in [0.717, 1.165) is 74.7 Å². The van der Waals surface area contributed by atoms with Gasteiger partial charge in [0, 0.05) is 54.5 Å². The fraction of sp³-hybridized carbons (Fsp3) is 0.260. The third kappa shape index (κ3) is 8.07. The fourth-order valence-corrected chi connectivity index (χ4v) is 13.0. The summed E-state index contributed by atoms with van der Waals surface area (Å²) >= 11 is 0. The van der Waals surface area contributed by atoms with Crippen LogP contribution in [0.15, 0.2) is 200 Å². The van der Waals surface area contributed by atoms with E-state index in [1.807, 2.05) is 12.1 Å². The topological polar surface area (TPSA) is 6.48 Å². The predicted octanol–water partition coefficient (Wildman–Crippen LogP) is 17.7. The Morgan fingerprint density at radius 1 is 0.421 bits per heavy atom. The van der Waals surface area contributed by atoms with E-state index in [1.54, 1.807) is 0 Å². The van der Waals surface area contributed by atoms with Crippen LogP contribution in [0.5, 0.6) is 0 Å². The standard InChI is InChI=1S/C73H73BN2/c1-48-41-65-67-66(42-48)76(68-57(49-25-17-13-18-26-49)43-55(69(2,3)4)44-58(68)50-27-19-14-20-28-50)64-47-60-59(70(5,6)39-40-71(60,7)8)46-62(64)74(67)61-45-54(73(11,12)52-31-23-16-24-32-52)35-38-63(61)75(65)56-36-33-53(34-37-56)72(9,10)51-29-21-15-22-30-51/h13-38,41-47H,39-40H2,1-12H3/i1D3. The zero-order chi connectivity index (χ0) is 55.6. The van der Waals surface area contributed by atoms with Gasteiger partial charge in [0.15, 0.2) is 0 Å². The first-order valence-electron chi connectivity index (χ1n) is 29.1. The van der Waals surface area contributed by atoms with Crippen LogP contribution in [-0.2, 0) is 27.1 Å². The van der Waals surface area contributed by atoms with Crippen molar-refractivity contribution in [2.24, 2.45) is 0 Å². The average molecular weight is 992 g/mol. The molecule has 0 fully saturated rings. The largest absolute Gasteiger partial charge is 0.311 e. The van der Waals surface area contributed by atoms with Crippen molar-refractivity contribution in [3.05, 3.63) is 245 Å². The van der Waals surface area contributed by atoms with Crippen molar-refractivity contribution in [2.45, 2.75) is 123 Å². The van der Waals surface area contributed by atoms with Crippen LogP contribution in [0, 0.1) is 6.85 Å². The van der Waals surface area contributed by atoms with Gasteiger partial charge < -0.3 is 9.80 Å². The maximum Gasteiger partial charge on any atom is 0.252 e. The van der Waals surface area contributed by atoms with Crippen molar-refractivity contribution in [2.75, 3.05) is 9.80 Å². The van der Waals surface area contributed by atoms with Crippen molar-refractivity contribution in [1.82, 2.24) is 0 Å². The first-order chi connectivity index (χ1) is 37.4. The van der Waals surface area contributed by atoms with Gasteiger partial charge in [-0.2, -0.15) is 0 Å². The molecule has 0 aromatic heterocycles. The smallest absolute Gasteiger partial charge is 0.252 e. The van der Waals surface area contributed by atoms with Gasteiger partial charge in [-0.3, -0.25) is 0 Å². The van der Waals surface area contributed by atoms with Gasteiger partial charge in [-0.15, -0.1) is 0 Å². The van der Waals surface area contributed by atoms with Gasteiger partial charge in [0.1, 0.15) is 0 Å². The molecule has 0 saturated carbocycles. The lowest BCUT2D eigenvalue weighted by molar-refractivity contribution is 0.332. The first-order valence-corrected chi connectivity index (χ1v) is 27.6. The third-order valence-corrected chi connectivity index (χ3v) is 18.0. The Labute approximate surface area is 458 Å². The van der Waals surface area contributed by atoms with Crippen LogP contribution >= 0.6 is 0 Å². The van der Waals surface area contributed by atoms with Crippen LogP contribution in [0.1, 0.15) is 138 Å². The van der Waals surface area contributed by atoms with Gasteiger partial charge in [-0.25, -0.2) is 0 Å². The summed E-state index contributed by atoms with van der Waals surface area (Å²) in [5.41, 5.74) is 22.0. The van der Waals surface area contributed by atoms with Gasteiger partial charge in [0.05, 0.1) is 5.69 Å². The number of anilines is 6. The minimum absolute atomic E-state index is 0.0896. The Morgan fingerprint density at radius 2 is 0.868 bits per heavy atom. The van der Waals surface area contributed by atoms with Crippen LogP contribution in [-0.4, -0.2) is 6.71 Å². The summed E-state index contributed by atoms with van der Waals surface area (Å²) < 4.78 is 28.2. The fourth-order valence-electron chi connectivity index (χ4n) is 13.0. The minimum atomic E-state index is -2.44. The molecule has 0 radical (unpaired) electrons. The van der Waals surface area contributed by atoms with Gasteiger partial charge in [-0.1, -0.05) is 228 Å². The maximum atomic E-state index is 9.39. The molecule has 9 aromatic carbocycles. The third-order valence-electron chi connectivity index (χ3n) is 18.0. The van der Waals surface area contributed by atoms with E-state index in [1.165, 1.54) is 49.9 Å². The summed E-state index contributed by atoms with van der Waals surface area (Å²) in [4.78, 5) is 4.90. The van der Waals surface area contributed by atoms with E-state index >= 15 is 0 Å². The molecule has 0 saturated heterocycles. The molecule has 2 nitrogen and oxygen atoms in total. The van der Waals surface area contributed by atoms with E-state index in [9.17, 15) is 4.11 Å². The minimum Gasteiger partial charge on any atom is -0.311 e. The number of nitrogens with zero attached hydrogens (tertiary/aromatic N) is 2. The number of rotatable bonds is 8. The normalized spacial score (nSPS) is 16.1. The summed E-state index contributed by atoms with van der Waals surface area (Å²) in [5.74, 6) is 0. The lowest BCUT2D eigenvalue weighted by Gasteiger charge is -2.48. The highest BCUT2D eigenvalue weighted by molar-refractivity contribution is 7.00. The second-order valence-corrected chi connectivity index (χ2v) is 25.5. The lowest BCUT2D eigenvalue weighted by atomic mass is 9.33. The first kappa shape index (κ1) is 46.0. The Hall–Kier alpha value is -7.36. The highest BCUT2D eigenvalue weighted by Crippen LogP contribution is 2.54. The molecule has 0 spiro atoms. The highest BCUT2D eigenvalue weighted by Gasteiger charge is 2.48. The SMILES string of the molecule is [2H]C([2H])([2H])c1cc2c3c(c1)N(c1c(-c4ccccc4)cc(C(C)(C)C)cc1-c1ccccc1)c1cc4c(cc1B3c1cc(C(C)(C)c3ccccc3)ccc1N2c1ccc(C(C)(C)c2ccccc2)cc1)C(C)(C)CCC4(C)C. The van der Waals surface area contributed by atoms with E-state index in [2.05, 4.69) is 274 Å². The number of aryl methyl sites for hydroxylation is 1. The molecule has 0 unspecified atom stereocenters. The molecule has 2 heterocycles. The summed E-state index contributed by atoms with van der Waals surface area (Å²) in [7, 11) is 0. The van der Waals surface area contributed by atoms with E-state index < -0.39 is 6.85 Å². The Balaban J connectivity index is 1.24. The van der Waals surface area contributed by atoms with Crippen molar-refractivity contribution in [3.8, 4) is 22.3 Å². The molecule has 3 heteroatoms. The van der Waals surface area contributed by atoms with Crippen molar-refractivity contribution < 1.29 is 4.11 Å². The number of hydrogen-bond acceptors (Lipinski definition) is 2. The number of hydrogen-bond donors (Lipinski definition) is 0. The van der Waals surface area contributed by atoms with E-state index in [-0.39, 0.29) is 33.8 Å². The van der Waals surface area contributed by atoms with E-state index in [4.69, 9.17) is 0 Å². The van der Waals surface area contributed by atoms with Crippen LogP contribution in [0.3, 0.4) is 0 Å². The molecular formula is C73H73BN2. The number of benzene rings is 9. The van der Waals surface area contributed by atoms with Gasteiger partial charge in [0.25, 0.3) is 6.71 Å². The summed E-state index contributed by atoms with van der Waals surface area (Å²) in [6.45, 7) is 23.2. The highest BCUT2D eigenvalue weighted by atomic mass is 15.2. The number of fused-ring (bicyclic) bond motifs is 5. The molecule has 0 N–H and O–H groups in total. The molecule has 0 atom stereocenters. The van der Waals surface area contributed by atoms with Crippen molar-refractivity contribution in [3.63, 3.8) is 0 Å². The van der Waals surface area contributed by atoms with Crippen LogP contribution in [0.2, 0.25) is 0 Å². The Kier molecular flexibility index (Phi) is 10.8. The molecule has 3 aliphatic rings. The van der Waals surface area contributed by atoms with Gasteiger partial charge >= 0.3 is 0 Å². The Morgan fingerprint density at radius 3 is 1.38 bits per heavy atom. The molecule has 378 valence electrons. The Bertz CT molecular complexity index is 3730. The lowest BCUT2D eigenvalue weighted by Crippen LogP contribution is -2.62. The summed E-state index contributed by atoms with van der Waals surface area (Å²) in [6.07, 6.45) is 2.13. The van der Waals surface area contributed by atoms with Crippen LogP contribution in [0.25, 0.3) is 22.3 Å². The van der Waals surface area contributed by atoms with Gasteiger partial charge in [0.2, 0.25) is 0 Å². The van der Waals surface area contributed by atoms with Crippen LogP contribution in [0.4, 0.5) is 34.1 Å². The molecule has 2 aliphatic heterocycles. The zero-order valence-electron chi connectivity index (χ0n) is 49.4. The predicted molar refractivity (Wildman–Crippen MR) is 327 cm³/mol. The average Bonchev–Trinajstić information content (AvgIpc) is 2.54. The second kappa shape index (κ2) is 17.9. The second-order valence-electron chi connectivity index (χ2n) is 25.5. The maximum absolute atomic E-state index is 9.39. The molecule has 9 aromatic rings. The summed E-state index contributed by atoms with van der Waals surface area (Å²) in [5, 5.41) is 0. The van der Waals surface area contributed by atoms with Crippen molar-refractivity contribution in [1.29, 1.82) is 0 Å². The molecule has 1 aliphatic carbocycles. The quantitative estimate of drug-likeness (QED) is 0.140. The summed E-state index contributed by atoms with van der Waals surface area (Å²) in [6, 6.07) is 73.4. The molecule has 0 bridgehead atoms. The molecule has 76 heavy (non-hydrogen) atoms. The van der Waals surface area contributed by atoms with Crippen molar-refractivity contribution >= 4 is 57.2 Å². The molecule has 12 rings (SSSR count). The zero-order valence-corrected chi connectivity index (χ0v) is 46.4. The van der Waals surface area contributed by atoms with Crippen LogP contribution < -0.4 is 26.2 Å². The van der Waals surface area contributed by atoms with Gasteiger partial charge in [-0.05, 0) is 156 Å². The van der Waals surface area contributed by atoms with E-state index in [0.29, 0.717) is 5.56 Å².